The van der Waals surface area contributed by atoms with Gasteiger partial charge < -0.3 is 10.3 Å². The fourth-order valence-corrected chi connectivity index (χ4v) is 7.34. The zero-order valence-corrected chi connectivity index (χ0v) is 21.7. The number of H-pyrrole nitrogens is 1. The number of amides is 1. The molecule has 2 aliphatic heterocycles. The van der Waals surface area contributed by atoms with E-state index >= 15 is 0 Å². The van der Waals surface area contributed by atoms with Gasteiger partial charge in [0.2, 0.25) is 0 Å². The second-order valence-corrected chi connectivity index (χ2v) is 12.0. The predicted octanol–water partition coefficient (Wildman–Crippen LogP) is 3.59. The van der Waals surface area contributed by atoms with Gasteiger partial charge in [-0.1, -0.05) is 0 Å². The molecule has 0 spiro atoms. The Bertz CT molecular complexity index is 1770. The Morgan fingerprint density at radius 3 is 2.71 bits per heavy atom. The number of rotatable bonds is 6. The number of hydrogen-bond acceptors (Lipinski definition) is 7. The number of fused-ring (bicyclic) bond motifs is 8. The molecule has 0 radical (unpaired) electrons. The fraction of sp³-hybridized carbons (Fsp3) is 0.444. The Morgan fingerprint density at radius 2 is 1.92 bits per heavy atom. The summed E-state index contributed by atoms with van der Waals surface area (Å²) in [5.74, 6) is 0.648. The number of hydrogen-bond donors (Lipinski definition) is 2. The van der Waals surface area contributed by atoms with E-state index in [2.05, 4.69) is 31.5 Å². The van der Waals surface area contributed by atoms with Crippen molar-refractivity contribution in [1.29, 1.82) is 0 Å². The van der Waals surface area contributed by atoms with Crippen LogP contribution in [0.25, 0.3) is 37.2 Å². The molecule has 0 atom stereocenters. The molecule has 38 heavy (non-hydrogen) atoms. The third kappa shape index (κ3) is 3.67. The molecule has 194 valence electrons. The first-order valence-electron chi connectivity index (χ1n) is 13.5. The van der Waals surface area contributed by atoms with Gasteiger partial charge in [-0.15, -0.1) is 11.3 Å². The van der Waals surface area contributed by atoms with Gasteiger partial charge in [-0.3, -0.25) is 24.2 Å². The van der Waals surface area contributed by atoms with Gasteiger partial charge in [-0.2, -0.15) is 10.2 Å². The summed E-state index contributed by atoms with van der Waals surface area (Å²) < 4.78 is 3.77. The van der Waals surface area contributed by atoms with E-state index in [4.69, 9.17) is 5.10 Å². The zero-order valence-electron chi connectivity index (χ0n) is 20.9. The first-order chi connectivity index (χ1) is 18.6. The van der Waals surface area contributed by atoms with Crippen LogP contribution < -0.4 is 10.9 Å². The summed E-state index contributed by atoms with van der Waals surface area (Å²) in [5.41, 5.74) is 2.87. The van der Waals surface area contributed by atoms with Crippen molar-refractivity contribution in [2.75, 3.05) is 19.6 Å². The van der Waals surface area contributed by atoms with Crippen molar-refractivity contribution in [3.8, 4) is 10.4 Å². The van der Waals surface area contributed by atoms with Gasteiger partial charge >= 0.3 is 0 Å². The molecule has 0 unspecified atom stereocenters. The highest BCUT2D eigenvalue weighted by Crippen LogP contribution is 2.37. The Morgan fingerprint density at radius 1 is 1.08 bits per heavy atom. The lowest BCUT2D eigenvalue weighted by atomic mass is 9.80. The third-order valence-electron chi connectivity index (χ3n) is 8.48. The van der Waals surface area contributed by atoms with Crippen LogP contribution >= 0.6 is 11.3 Å². The molecule has 1 amide bonds. The van der Waals surface area contributed by atoms with Crippen molar-refractivity contribution in [1.82, 2.24) is 39.6 Å². The Labute approximate surface area is 221 Å². The molecule has 4 fully saturated rings. The molecule has 9 rings (SSSR count). The number of aromatic nitrogens is 6. The van der Waals surface area contributed by atoms with Crippen molar-refractivity contribution in [3.05, 3.63) is 46.8 Å². The van der Waals surface area contributed by atoms with Crippen LogP contribution in [0.1, 0.15) is 54.9 Å². The summed E-state index contributed by atoms with van der Waals surface area (Å²) in [7, 11) is 0. The second kappa shape index (κ2) is 8.47. The second-order valence-electron chi connectivity index (χ2n) is 11.0. The molecule has 4 aliphatic rings. The van der Waals surface area contributed by atoms with Gasteiger partial charge in [0.1, 0.15) is 21.3 Å². The van der Waals surface area contributed by atoms with Crippen LogP contribution in [0, 0.1) is 5.92 Å². The molecule has 2 bridgehead atoms. The number of carbonyl (C=O) groups excluding carboxylic acids is 1. The van der Waals surface area contributed by atoms with Gasteiger partial charge in [0, 0.05) is 49.8 Å². The third-order valence-corrected chi connectivity index (χ3v) is 9.62. The molecule has 5 aromatic heterocycles. The standard InChI is InChI=1S/C27H28N8O2S/c36-25(28-7-8-33-12-15-1-3-18(33)4-2-15)16-9-20-23(29-10-16)24-22(26(37)31-20)27-35(32-24)14-21(38-27)17-11-30-34(13-17)19-5-6-19/h9-11,13-15,18-19H,1-8,12H2,(H,28,36)(H,31,37). The normalized spacial score (nSPS) is 21.7. The highest BCUT2D eigenvalue weighted by molar-refractivity contribution is 7.21. The van der Waals surface area contributed by atoms with E-state index in [9.17, 15) is 9.59 Å². The smallest absolute Gasteiger partial charge is 0.261 e. The highest BCUT2D eigenvalue weighted by atomic mass is 32.1. The van der Waals surface area contributed by atoms with Crippen LogP contribution in [0.5, 0.6) is 0 Å². The maximum absolute atomic E-state index is 13.2. The average Bonchev–Trinajstić information content (AvgIpc) is 3.35. The number of carbonyl (C=O) groups is 1. The highest BCUT2D eigenvalue weighted by Gasteiger charge is 2.33. The number of aromatic amines is 1. The average molecular weight is 529 g/mol. The molecule has 2 saturated carbocycles. The lowest BCUT2D eigenvalue weighted by Crippen LogP contribution is -2.50. The minimum absolute atomic E-state index is 0.176. The van der Waals surface area contributed by atoms with Crippen molar-refractivity contribution >= 4 is 44.0 Å². The molecule has 11 heteroatoms. The van der Waals surface area contributed by atoms with Crippen molar-refractivity contribution in [3.63, 3.8) is 0 Å². The fourth-order valence-electron chi connectivity index (χ4n) is 6.27. The van der Waals surface area contributed by atoms with E-state index in [0.29, 0.717) is 46.1 Å². The van der Waals surface area contributed by atoms with Crippen LogP contribution in [-0.2, 0) is 0 Å². The maximum atomic E-state index is 13.2. The minimum atomic E-state index is -0.232. The molecular weight excluding hydrogens is 500 g/mol. The summed E-state index contributed by atoms with van der Waals surface area (Å²) in [4.78, 5) is 37.8. The quantitative estimate of drug-likeness (QED) is 0.348. The van der Waals surface area contributed by atoms with Crippen LogP contribution in [0.15, 0.2) is 35.6 Å². The van der Waals surface area contributed by atoms with Gasteiger partial charge in [0.15, 0.2) is 0 Å². The molecule has 0 aromatic carbocycles. The van der Waals surface area contributed by atoms with Crippen LogP contribution in [0.3, 0.4) is 0 Å². The van der Waals surface area contributed by atoms with Gasteiger partial charge in [0.25, 0.3) is 11.5 Å². The van der Waals surface area contributed by atoms with Crippen molar-refractivity contribution in [2.24, 2.45) is 5.92 Å². The molecule has 2 saturated heterocycles. The molecule has 5 aromatic rings. The first-order valence-corrected chi connectivity index (χ1v) is 14.3. The van der Waals surface area contributed by atoms with Crippen LogP contribution in [0.2, 0.25) is 0 Å². The Balaban J connectivity index is 1.05. The zero-order chi connectivity index (χ0) is 25.4. The van der Waals surface area contributed by atoms with E-state index in [1.165, 1.54) is 49.9 Å². The van der Waals surface area contributed by atoms with Crippen LogP contribution in [-0.4, -0.2) is 65.8 Å². The molecular formula is C27H28N8O2S. The molecule has 2 aliphatic carbocycles. The van der Waals surface area contributed by atoms with Gasteiger partial charge in [-0.25, -0.2) is 4.52 Å². The largest absolute Gasteiger partial charge is 0.351 e. The summed E-state index contributed by atoms with van der Waals surface area (Å²) in [5, 5.41) is 12.7. The Hall–Kier alpha value is -3.57. The number of nitrogens with zero attached hydrogens (tertiary/aromatic N) is 6. The van der Waals surface area contributed by atoms with Crippen molar-refractivity contribution < 1.29 is 4.79 Å². The van der Waals surface area contributed by atoms with E-state index in [1.54, 1.807) is 16.8 Å². The summed E-state index contributed by atoms with van der Waals surface area (Å²) in [6, 6.07) is 2.89. The summed E-state index contributed by atoms with van der Waals surface area (Å²) in [6.45, 7) is 2.64. The lowest BCUT2D eigenvalue weighted by molar-refractivity contribution is 0.0494. The monoisotopic (exact) mass is 528 g/mol. The van der Waals surface area contributed by atoms with Crippen molar-refractivity contribution in [2.45, 2.75) is 50.6 Å². The van der Waals surface area contributed by atoms with Crippen LogP contribution in [0.4, 0.5) is 0 Å². The molecule has 10 nitrogen and oxygen atoms in total. The number of nitrogens with one attached hydrogen (secondary N) is 2. The van der Waals surface area contributed by atoms with E-state index in [0.717, 1.165) is 34.3 Å². The number of pyridine rings is 2. The lowest BCUT2D eigenvalue weighted by Gasteiger charge is -2.45. The molecule has 2 N–H and O–H groups in total. The van der Waals surface area contributed by atoms with E-state index < -0.39 is 0 Å². The summed E-state index contributed by atoms with van der Waals surface area (Å²) in [6.07, 6.45) is 15.1. The molecule has 7 heterocycles. The number of piperidine rings is 2. The van der Waals surface area contributed by atoms with E-state index in [-0.39, 0.29) is 11.5 Å². The van der Waals surface area contributed by atoms with Gasteiger partial charge in [-0.05, 0) is 50.5 Å². The maximum Gasteiger partial charge on any atom is 0.261 e. The van der Waals surface area contributed by atoms with Gasteiger partial charge in [0.05, 0.1) is 28.2 Å². The Kier molecular flexibility index (Phi) is 5.00. The minimum Gasteiger partial charge on any atom is -0.351 e. The van der Waals surface area contributed by atoms with E-state index in [1.807, 2.05) is 17.1 Å². The first kappa shape index (κ1) is 22.4. The summed E-state index contributed by atoms with van der Waals surface area (Å²) >= 11 is 1.52. The topological polar surface area (TPSA) is 113 Å². The number of thiazole rings is 1. The SMILES string of the molecule is O=C(NCCN1CC2CCC1CC2)c1cnc2c(c1)[nH]c(=O)c1c2nn2cc(-c3cnn(C4CC4)c3)sc12. The predicted molar refractivity (Wildman–Crippen MR) is 146 cm³/mol.